The molecule has 1 unspecified atom stereocenters. The highest BCUT2D eigenvalue weighted by atomic mass is 17.2. The number of carbonyl (C=O) groups excluding carboxylic acids is 1. The maximum Gasteiger partial charge on any atom is 0.345 e. The van der Waals surface area contributed by atoms with Crippen LogP contribution in [0.15, 0.2) is 0 Å². The van der Waals surface area contributed by atoms with E-state index in [4.69, 9.17) is 9.78 Å². The van der Waals surface area contributed by atoms with E-state index >= 15 is 0 Å². The normalized spacial score (nSPS) is 13.5. The minimum Gasteiger partial charge on any atom is -0.298 e. The fourth-order valence-corrected chi connectivity index (χ4v) is 1.80. The lowest BCUT2D eigenvalue weighted by Gasteiger charge is -2.23. The number of carbonyl (C=O) groups is 1. The smallest absolute Gasteiger partial charge is 0.298 e. The molecule has 0 bridgehead atoms. The van der Waals surface area contributed by atoms with Crippen LogP contribution in [0.3, 0.4) is 0 Å². The fraction of sp³-hybridized carbons (Fsp3) is 0.929. The van der Waals surface area contributed by atoms with E-state index in [0.29, 0.717) is 0 Å². The summed E-state index contributed by atoms with van der Waals surface area (Å²) in [5.74, 6) is -0.238. The van der Waals surface area contributed by atoms with Crippen LogP contribution in [-0.4, -0.2) is 11.6 Å². The molecule has 0 aliphatic carbocycles. The molecule has 0 saturated heterocycles. The second-order valence-corrected chi connectivity index (χ2v) is 5.24. The van der Waals surface area contributed by atoms with Crippen LogP contribution in [0, 0.1) is 5.92 Å². The van der Waals surface area contributed by atoms with Crippen molar-refractivity contribution in [3.63, 3.8) is 0 Å². The van der Waals surface area contributed by atoms with Gasteiger partial charge in [0, 0.05) is 0 Å². The van der Waals surface area contributed by atoms with Gasteiger partial charge in [0.25, 0.3) is 0 Å². The molecule has 17 heavy (non-hydrogen) atoms. The number of hydrogen-bond acceptors (Lipinski definition) is 3. The molecule has 3 nitrogen and oxygen atoms in total. The van der Waals surface area contributed by atoms with E-state index in [-0.39, 0.29) is 17.5 Å². The van der Waals surface area contributed by atoms with Gasteiger partial charge in [-0.15, -0.1) is 0 Å². The van der Waals surface area contributed by atoms with Crippen molar-refractivity contribution in [3.8, 4) is 0 Å². The zero-order chi connectivity index (χ0) is 13.3. The summed E-state index contributed by atoms with van der Waals surface area (Å²) in [6, 6.07) is 0. The van der Waals surface area contributed by atoms with E-state index < -0.39 is 0 Å². The number of rotatable bonds is 9. The first kappa shape index (κ1) is 16.4. The first-order valence-corrected chi connectivity index (χ1v) is 6.86. The lowest BCUT2D eigenvalue weighted by Crippen LogP contribution is -2.28. The van der Waals surface area contributed by atoms with Crippen LogP contribution in [0.2, 0.25) is 0 Å². The molecule has 0 radical (unpaired) electrons. The van der Waals surface area contributed by atoms with E-state index in [0.717, 1.165) is 38.5 Å². The average Bonchev–Trinajstić information content (AvgIpc) is 2.27. The highest BCUT2D eigenvalue weighted by Gasteiger charge is 2.24. The topological polar surface area (TPSA) is 35.5 Å². The summed E-state index contributed by atoms with van der Waals surface area (Å²) in [6.45, 7) is 10.1. The summed E-state index contributed by atoms with van der Waals surface area (Å²) in [5.41, 5.74) is -0.381. The molecular formula is C14H28O3. The van der Waals surface area contributed by atoms with Gasteiger partial charge in [-0.2, -0.15) is 4.89 Å². The third-order valence-electron chi connectivity index (χ3n) is 2.93. The van der Waals surface area contributed by atoms with E-state index in [2.05, 4.69) is 13.8 Å². The maximum atomic E-state index is 11.8. The van der Waals surface area contributed by atoms with Gasteiger partial charge in [-0.1, -0.05) is 40.0 Å². The predicted molar refractivity (Wildman–Crippen MR) is 69.5 cm³/mol. The first-order chi connectivity index (χ1) is 7.96. The van der Waals surface area contributed by atoms with Crippen LogP contribution < -0.4 is 0 Å². The Labute approximate surface area is 106 Å². The molecule has 0 fully saturated rings. The summed E-state index contributed by atoms with van der Waals surface area (Å²) in [4.78, 5) is 22.0. The van der Waals surface area contributed by atoms with E-state index in [1.54, 1.807) is 0 Å². The predicted octanol–water partition coefficient (Wildman–Crippen LogP) is 4.26. The quantitative estimate of drug-likeness (QED) is 0.449. The fourth-order valence-electron chi connectivity index (χ4n) is 1.80. The molecule has 0 spiro atoms. The summed E-state index contributed by atoms with van der Waals surface area (Å²) in [7, 11) is 0. The second-order valence-electron chi connectivity index (χ2n) is 5.24. The van der Waals surface area contributed by atoms with Gasteiger partial charge in [0.1, 0.15) is 5.60 Å². The zero-order valence-corrected chi connectivity index (χ0v) is 12.0. The molecule has 0 N–H and O–H groups in total. The molecule has 0 aromatic rings. The Kier molecular flexibility index (Phi) is 8.23. The molecule has 0 aromatic heterocycles. The van der Waals surface area contributed by atoms with Gasteiger partial charge in [-0.3, -0.25) is 4.89 Å². The van der Waals surface area contributed by atoms with E-state index in [1.807, 2.05) is 20.8 Å². The van der Waals surface area contributed by atoms with Gasteiger partial charge in [-0.05, 0) is 33.1 Å². The van der Waals surface area contributed by atoms with Crippen molar-refractivity contribution < 1.29 is 14.6 Å². The first-order valence-electron chi connectivity index (χ1n) is 6.86. The number of hydrogen-bond donors (Lipinski definition) is 0. The van der Waals surface area contributed by atoms with Crippen molar-refractivity contribution >= 4 is 5.97 Å². The Hall–Kier alpha value is -0.570. The molecular weight excluding hydrogens is 216 g/mol. The van der Waals surface area contributed by atoms with Crippen molar-refractivity contribution in [3.05, 3.63) is 0 Å². The summed E-state index contributed by atoms with van der Waals surface area (Å²) in [5, 5.41) is 0. The molecule has 1 atom stereocenters. The molecule has 102 valence electrons. The Morgan fingerprint density at radius 1 is 1.18 bits per heavy atom. The third-order valence-corrected chi connectivity index (χ3v) is 2.93. The molecule has 0 amide bonds. The molecule has 0 aliphatic rings. The van der Waals surface area contributed by atoms with Gasteiger partial charge in [0.2, 0.25) is 0 Å². The minimum absolute atomic E-state index is 0.0209. The van der Waals surface area contributed by atoms with Crippen molar-refractivity contribution in [2.45, 2.75) is 78.7 Å². The monoisotopic (exact) mass is 244 g/mol. The van der Waals surface area contributed by atoms with Gasteiger partial charge < -0.3 is 0 Å². The van der Waals surface area contributed by atoms with Crippen LogP contribution in [-0.2, 0) is 14.6 Å². The Balaban J connectivity index is 4.05. The Bertz CT molecular complexity index is 212. The third kappa shape index (κ3) is 7.37. The second kappa shape index (κ2) is 8.51. The van der Waals surface area contributed by atoms with Crippen molar-refractivity contribution in [1.29, 1.82) is 0 Å². The maximum absolute atomic E-state index is 11.8. The van der Waals surface area contributed by atoms with Gasteiger partial charge in [0.15, 0.2) is 0 Å². The van der Waals surface area contributed by atoms with Crippen LogP contribution in [0.4, 0.5) is 0 Å². The highest BCUT2D eigenvalue weighted by molar-refractivity contribution is 5.71. The van der Waals surface area contributed by atoms with Crippen molar-refractivity contribution in [1.82, 2.24) is 0 Å². The molecule has 0 aliphatic heterocycles. The standard InChI is InChI=1S/C14H28O3/c1-6-9-10-12(8-3)13(15)16-17-14(4,5)11-7-2/h12H,6-11H2,1-5H3. The zero-order valence-electron chi connectivity index (χ0n) is 12.0. The summed E-state index contributed by atoms with van der Waals surface area (Å²) >= 11 is 0. The lowest BCUT2D eigenvalue weighted by atomic mass is 10.00. The van der Waals surface area contributed by atoms with Crippen molar-refractivity contribution in [2.75, 3.05) is 0 Å². The Morgan fingerprint density at radius 2 is 1.82 bits per heavy atom. The van der Waals surface area contributed by atoms with Crippen LogP contribution in [0.5, 0.6) is 0 Å². The minimum atomic E-state index is -0.381. The average molecular weight is 244 g/mol. The SMILES string of the molecule is CCCCC(CC)C(=O)OOC(C)(C)CCC. The molecule has 0 rings (SSSR count). The van der Waals surface area contributed by atoms with Crippen LogP contribution in [0.25, 0.3) is 0 Å². The van der Waals surface area contributed by atoms with Gasteiger partial charge >= 0.3 is 5.97 Å². The highest BCUT2D eigenvalue weighted by Crippen LogP contribution is 2.20. The molecule has 3 heteroatoms. The van der Waals surface area contributed by atoms with Crippen LogP contribution in [0.1, 0.15) is 73.1 Å². The largest absolute Gasteiger partial charge is 0.345 e. The molecule has 0 heterocycles. The summed E-state index contributed by atoms with van der Waals surface area (Å²) < 4.78 is 0. The number of unbranched alkanes of at least 4 members (excludes halogenated alkanes) is 1. The molecule has 0 saturated carbocycles. The van der Waals surface area contributed by atoms with Gasteiger partial charge in [0.05, 0.1) is 5.92 Å². The van der Waals surface area contributed by atoms with Crippen LogP contribution >= 0.6 is 0 Å². The lowest BCUT2D eigenvalue weighted by molar-refractivity contribution is -0.329. The van der Waals surface area contributed by atoms with E-state index in [9.17, 15) is 4.79 Å². The summed E-state index contributed by atoms with van der Waals surface area (Å²) in [6.07, 6.45) is 5.77. The van der Waals surface area contributed by atoms with Crippen molar-refractivity contribution in [2.24, 2.45) is 5.92 Å². The Morgan fingerprint density at radius 3 is 2.29 bits per heavy atom. The molecule has 0 aromatic carbocycles. The van der Waals surface area contributed by atoms with Gasteiger partial charge in [-0.25, -0.2) is 4.79 Å². The van der Waals surface area contributed by atoms with E-state index in [1.165, 1.54) is 0 Å².